The van der Waals surface area contributed by atoms with Crippen LogP contribution in [0, 0.1) is 0 Å². The van der Waals surface area contributed by atoms with Crippen LogP contribution in [0.15, 0.2) is 30.3 Å². The van der Waals surface area contributed by atoms with Crippen molar-refractivity contribution < 1.29 is 9.68 Å². The molecule has 0 unspecified atom stereocenters. The molecule has 0 atom stereocenters. The number of hydrogen-bond donors (Lipinski definition) is 0. The summed E-state index contributed by atoms with van der Waals surface area (Å²) in [5, 5.41) is 9.75. The third-order valence-corrected chi connectivity index (χ3v) is 0.927. The van der Waals surface area contributed by atoms with E-state index in [-0.39, 0.29) is 0 Å². The smallest absolute Gasteiger partial charge is 0.244 e. The zero-order valence-electron chi connectivity index (χ0n) is 4.78. The molecule has 0 amide bonds. The van der Waals surface area contributed by atoms with Crippen molar-refractivity contribution in [3.63, 3.8) is 0 Å². The van der Waals surface area contributed by atoms with Crippen molar-refractivity contribution in [3.8, 4) is 5.75 Å². The van der Waals surface area contributed by atoms with E-state index in [4.69, 9.17) is 0 Å². The van der Waals surface area contributed by atoms with E-state index in [0.29, 0.717) is 13.4 Å². The molecular formula is C6H5BO2-. The van der Waals surface area contributed by atoms with Gasteiger partial charge in [-0.25, -0.2) is 0 Å². The van der Waals surface area contributed by atoms with Crippen LogP contribution in [-0.2, 0) is 0 Å². The Hall–Kier alpha value is -0.955. The predicted molar refractivity (Wildman–Crippen MR) is 32.8 cm³/mol. The van der Waals surface area contributed by atoms with Crippen LogP contribution in [0.1, 0.15) is 0 Å². The summed E-state index contributed by atoms with van der Waals surface area (Å²) in [6.07, 6.45) is 0. The van der Waals surface area contributed by atoms with Crippen molar-refractivity contribution >= 4 is 7.69 Å². The van der Waals surface area contributed by atoms with Crippen LogP contribution < -0.4 is 9.68 Å². The lowest BCUT2D eigenvalue weighted by Crippen LogP contribution is -2.18. The molecule has 1 radical (unpaired) electrons. The molecule has 0 aliphatic carbocycles. The maximum atomic E-state index is 9.75. The van der Waals surface area contributed by atoms with Gasteiger partial charge in [-0.2, -0.15) is 0 Å². The van der Waals surface area contributed by atoms with E-state index in [2.05, 4.69) is 4.65 Å². The molecular weight excluding hydrogens is 115 g/mol. The van der Waals surface area contributed by atoms with Gasteiger partial charge in [0.25, 0.3) is 0 Å². The highest BCUT2D eigenvalue weighted by Crippen LogP contribution is 2.05. The maximum Gasteiger partial charge on any atom is 0.244 e. The first-order chi connectivity index (χ1) is 4.43. The molecule has 0 aliphatic rings. The Labute approximate surface area is 54.4 Å². The third kappa shape index (κ3) is 1.78. The Balaban J connectivity index is 2.61. The first-order valence-electron chi connectivity index (χ1n) is 2.59. The van der Waals surface area contributed by atoms with E-state index >= 15 is 0 Å². The summed E-state index contributed by atoms with van der Waals surface area (Å²) in [6, 6.07) is 8.90. The second kappa shape index (κ2) is 3.15. The molecule has 45 valence electrons. The molecule has 0 spiro atoms. The Morgan fingerprint density at radius 1 is 1.22 bits per heavy atom. The van der Waals surface area contributed by atoms with Crippen LogP contribution in [0.4, 0.5) is 0 Å². The van der Waals surface area contributed by atoms with E-state index < -0.39 is 0 Å². The molecule has 0 aliphatic heterocycles. The van der Waals surface area contributed by atoms with Crippen LogP contribution in [0.25, 0.3) is 0 Å². The van der Waals surface area contributed by atoms with Crippen molar-refractivity contribution in [3.05, 3.63) is 30.3 Å². The van der Waals surface area contributed by atoms with E-state index in [1.165, 1.54) is 0 Å². The average molecular weight is 120 g/mol. The molecule has 1 aromatic carbocycles. The molecule has 0 N–H and O–H groups in total. The molecule has 0 saturated carbocycles. The summed E-state index contributed by atoms with van der Waals surface area (Å²) in [6.45, 7) is 0. The number of rotatable bonds is 2. The fourth-order valence-electron chi connectivity index (χ4n) is 0.555. The quantitative estimate of drug-likeness (QED) is 0.513. The molecule has 2 nitrogen and oxygen atoms in total. The van der Waals surface area contributed by atoms with Gasteiger partial charge in [-0.15, -0.1) is 0 Å². The Morgan fingerprint density at radius 2 is 1.89 bits per heavy atom. The summed E-state index contributed by atoms with van der Waals surface area (Å²) in [7, 11) is 0.412. The van der Waals surface area contributed by atoms with Gasteiger partial charge >= 0.3 is 0 Å². The van der Waals surface area contributed by atoms with Crippen LogP contribution in [0.2, 0.25) is 0 Å². The van der Waals surface area contributed by atoms with E-state index in [0.717, 1.165) is 0 Å². The minimum atomic E-state index is 0.412. The predicted octanol–water partition coefficient (Wildman–Crippen LogP) is -0.0401. The monoisotopic (exact) mass is 120 g/mol. The zero-order chi connectivity index (χ0) is 6.53. The topological polar surface area (TPSA) is 32.3 Å². The van der Waals surface area contributed by atoms with Gasteiger partial charge in [-0.1, -0.05) is 18.2 Å². The minimum absolute atomic E-state index is 0.412. The molecule has 3 heteroatoms. The molecule has 1 rings (SSSR count). The summed E-state index contributed by atoms with van der Waals surface area (Å²) < 4.78 is 4.53. The van der Waals surface area contributed by atoms with Gasteiger partial charge in [0.15, 0.2) is 0 Å². The van der Waals surface area contributed by atoms with Crippen LogP contribution in [0.3, 0.4) is 0 Å². The van der Waals surface area contributed by atoms with Crippen molar-refractivity contribution in [2.45, 2.75) is 0 Å². The van der Waals surface area contributed by atoms with Gasteiger partial charge < -0.3 is 9.68 Å². The Morgan fingerprint density at radius 3 is 2.44 bits per heavy atom. The Bertz CT molecular complexity index is 164. The van der Waals surface area contributed by atoms with Gasteiger partial charge in [0.05, 0.1) is 5.75 Å². The van der Waals surface area contributed by atoms with Crippen LogP contribution >= 0.6 is 0 Å². The molecule has 0 bridgehead atoms. The van der Waals surface area contributed by atoms with Gasteiger partial charge in [0.2, 0.25) is 7.69 Å². The number of benzene rings is 1. The van der Waals surface area contributed by atoms with Gasteiger partial charge in [-0.05, 0) is 12.1 Å². The zero-order valence-corrected chi connectivity index (χ0v) is 4.78. The highest BCUT2D eigenvalue weighted by atomic mass is 16.5. The lowest BCUT2D eigenvalue weighted by atomic mass is 10.3. The van der Waals surface area contributed by atoms with Crippen molar-refractivity contribution in [1.82, 2.24) is 0 Å². The first kappa shape index (κ1) is 6.17. The second-order valence-corrected chi connectivity index (χ2v) is 1.53. The van der Waals surface area contributed by atoms with E-state index in [1.807, 2.05) is 6.07 Å². The molecule has 9 heavy (non-hydrogen) atoms. The van der Waals surface area contributed by atoms with Crippen molar-refractivity contribution in [2.75, 3.05) is 0 Å². The normalized spacial score (nSPS) is 8.56. The second-order valence-electron chi connectivity index (χ2n) is 1.53. The lowest BCUT2D eigenvalue weighted by Gasteiger charge is -2.05. The molecule has 0 fully saturated rings. The Kier molecular flexibility index (Phi) is 2.16. The van der Waals surface area contributed by atoms with Crippen molar-refractivity contribution in [2.24, 2.45) is 0 Å². The number of hydrogen-bond acceptors (Lipinski definition) is 2. The summed E-state index contributed by atoms with van der Waals surface area (Å²) >= 11 is 0. The highest BCUT2D eigenvalue weighted by molar-refractivity contribution is 6.15. The summed E-state index contributed by atoms with van der Waals surface area (Å²) in [5.74, 6) is 0.576. The van der Waals surface area contributed by atoms with Crippen LogP contribution in [-0.4, -0.2) is 7.69 Å². The van der Waals surface area contributed by atoms with Gasteiger partial charge in [-0.3, -0.25) is 0 Å². The summed E-state index contributed by atoms with van der Waals surface area (Å²) in [5.41, 5.74) is 0. The van der Waals surface area contributed by atoms with Gasteiger partial charge in [0, 0.05) is 0 Å². The standard InChI is InChI=1S/C6H5BO2/c8-7-9-6-4-2-1-3-5-6/h1-5H/q-1. The highest BCUT2D eigenvalue weighted by Gasteiger charge is 1.81. The minimum Gasteiger partial charge on any atom is -0.850 e. The fraction of sp³-hybridized carbons (Fsp3) is 0. The molecule has 1 aromatic rings. The van der Waals surface area contributed by atoms with Crippen LogP contribution in [0.5, 0.6) is 5.75 Å². The van der Waals surface area contributed by atoms with Crippen molar-refractivity contribution in [1.29, 1.82) is 0 Å². The first-order valence-corrected chi connectivity index (χ1v) is 2.59. The SMILES string of the molecule is [O-][B]Oc1ccccc1. The largest absolute Gasteiger partial charge is 0.850 e. The fourth-order valence-corrected chi connectivity index (χ4v) is 0.555. The average Bonchev–Trinajstić information content (AvgIpc) is 1.91. The van der Waals surface area contributed by atoms with Gasteiger partial charge in [0.1, 0.15) is 0 Å². The third-order valence-electron chi connectivity index (χ3n) is 0.927. The van der Waals surface area contributed by atoms with E-state index in [1.54, 1.807) is 24.3 Å². The molecule has 0 aromatic heterocycles. The lowest BCUT2D eigenvalue weighted by molar-refractivity contribution is -0.198. The number of para-hydroxylation sites is 1. The maximum absolute atomic E-state index is 9.75. The molecule has 0 saturated heterocycles. The summed E-state index contributed by atoms with van der Waals surface area (Å²) in [4.78, 5) is 0. The molecule has 0 heterocycles. The van der Waals surface area contributed by atoms with E-state index in [9.17, 15) is 5.02 Å².